The van der Waals surface area contributed by atoms with Crippen molar-refractivity contribution in [2.24, 2.45) is 5.16 Å². The fraction of sp³-hybridized carbons (Fsp3) is 0.214. The molecule has 114 valence electrons. The highest BCUT2D eigenvalue weighted by atomic mass is 19.1. The van der Waals surface area contributed by atoms with Crippen molar-refractivity contribution in [3.05, 3.63) is 48.0 Å². The first kappa shape index (κ1) is 14.1. The van der Waals surface area contributed by atoms with Gasteiger partial charge in [-0.05, 0) is 18.2 Å². The minimum absolute atomic E-state index is 0.135. The lowest BCUT2D eigenvalue weighted by molar-refractivity contribution is 0.0841. The summed E-state index contributed by atoms with van der Waals surface area (Å²) in [4.78, 5) is 15.6. The van der Waals surface area contributed by atoms with Crippen molar-refractivity contribution in [2.45, 2.75) is 12.5 Å². The fourth-order valence-electron chi connectivity index (χ4n) is 2.19. The third-order valence-electron chi connectivity index (χ3n) is 3.25. The summed E-state index contributed by atoms with van der Waals surface area (Å²) >= 11 is 0. The second-order valence-electron chi connectivity index (χ2n) is 4.77. The van der Waals surface area contributed by atoms with Gasteiger partial charge in [0.1, 0.15) is 11.5 Å². The van der Waals surface area contributed by atoms with Crippen LogP contribution in [0.1, 0.15) is 12.0 Å². The van der Waals surface area contributed by atoms with Gasteiger partial charge in [0, 0.05) is 24.4 Å². The SMILES string of the molecule is O=C(O)NC[C@H]1CC(c2ccc(-n3cccn3)c(F)c2)=NO1. The average molecular weight is 304 g/mol. The summed E-state index contributed by atoms with van der Waals surface area (Å²) < 4.78 is 15.6. The molecule has 1 atom stereocenters. The van der Waals surface area contributed by atoms with E-state index in [2.05, 4.69) is 15.6 Å². The van der Waals surface area contributed by atoms with Gasteiger partial charge in [-0.15, -0.1) is 0 Å². The van der Waals surface area contributed by atoms with Crippen molar-refractivity contribution in [2.75, 3.05) is 6.54 Å². The molecule has 0 bridgehead atoms. The van der Waals surface area contributed by atoms with Gasteiger partial charge in [0.05, 0.1) is 12.3 Å². The van der Waals surface area contributed by atoms with Crippen LogP contribution in [-0.4, -0.2) is 39.3 Å². The van der Waals surface area contributed by atoms with E-state index in [1.807, 2.05) is 0 Å². The van der Waals surface area contributed by atoms with Crippen molar-refractivity contribution >= 4 is 11.8 Å². The second-order valence-corrected chi connectivity index (χ2v) is 4.77. The molecule has 0 saturated heterocycles. The maximum absolute atomic E-state index is 14.2. The lowest BCUT2D eigenvalue weighted by Gasteiger charge is -2.07. The lowest BCUT2D eigenvalue weighted by atomic mass is 10.0. The van der Waals surface area contributed by atoms with E-state index in [1.54, 1.807) is 30.6 Å². The Morgan fingerprint density at radius 3 is 3.09 bits per heavy atom. The molecule has 7 nitrogen and oxygen atoms in total. The number of carboxylic acid groups (broad SMARTS) is 1. The number of hydrogen-bond acceptors (Lipinski definition) is 4. The summed E-state index contributed by atoms with van der Waals surface area (Å²) in [5.74, 6) is -0.420. The van der Waals surface area contributed by atoms with Crippen LogP contribution in [0.2, 0.25) is 0 Å². The predicted octanol–water partition coefficient (Wildman–Crippen LogP) is 1.77. The van der Waals surface area contributed by atoms with Crippen molar-refractivity contribution in [1.82, 2.24) is 15.1 Å². The molecule has 2 aromatic rings. The van der Waals surface area contributed by atoms with Crippen LogP contribution in [0.15, 0.2) is 41.8 Å². The Labute approximate surface area is 125 Å². The van der Waals surface area contributed by atoms with E-state index >= 15 is 0 Å². The first-order valence-electron chi connectivity index (χ1n) is 6.63. The minimum atomic E-state index is -1.12. The van der Waals surface area contributed by atoms with E-state index in [9.17, 15) is 9.18 Å². The van der Waals surface area contributed by atoms with E-state index in [4.69, 9.17) is 9.94 Å². The quantitative estimate of drug-likeness (QED) is 0.901. The molecular weight excluding hydrogens is 291 g/mol. The number of aromatic nitrogens is 2. The normalized spacial score (nSPS) is 17.0. The number of hydrogen-bond donors (Lipinski definition) is 2. The topological polar surface area (TPSA) is 88.7 Å². The molecule has 3 rings (SSSR count). The molecule has 0 aliphatic carbocycles. The summed E-state index contributed by atoms with van der Waals surface area (Å²) in [5.41, 5.74) is 1.53. The van der Waals surface area contributed by atoms with Crippen molar-refractivity contribution in [3.63, 3.8) is 0 Å². The zero-order valence-corrected chi connectivity index (χ0v) is 11.4. The average Bonchev–Trinajstić information content (AvgIpc) is 3.16. The highest BCUT2D eigenvalue weighted by molar-refractivity contribution is 6.01. The standard InChI is InChI=1S/C14H13FN4O3/c15-11-6-9(2-3-13(11)19-5-1-4-17-19)12-7-10(22-18-12)8-16-14(20)21/h1-6,10,16H,7-8H2,(H,20,21)/t10-/m1/s1. The van der Waals surface area contributed by atoms with Gasteiger partial charge >= 0.3 is 6.09 Å². The number of carbonyl (C=O) groups is 1. The van der Waals surface area contributed by atoms with Gasteiger partial charge in [0.25, 0.3) is 0 Å². The zero-order valence-electron chi connectivity index (χ0n) is 11.4. The highest BCUT2D eigenvalue weighted by Gasteiger charge is 2.23. The van der Waals surface area contributed by atoms with Crippen molar-refractivity contribution in [1.29, 1.82) is 0 Å². The van der Waals surface area contributed by atoms with E-state index in [-0.39, 0.29) is 12.6 Å². The molecule has 0 unspecified atom stereocenters. The molecule has 1 aliphatic heterocycles. The Morgan fingerprint density at radius 1 is 1.55 bits per heavy atom. The molecule has 8 heteroatoms. The van der Waals surface area contributed by atoms with E-state index < -0.39 is 11.9 Å². The molecule has 1 aromatic heterocycles. The number of rotatable bonds is 4. The maximum Gasteiger partial charge on any atom is 0.404 e. The summed E-state index contributed by atoms with van der Waals surface area (Å²) in [7, 11) is 0. The van der Waals surface area contributed by atoms with Crippen LogP contribution in [0.3, 0.4) is 0 Å². The molecule has 2 N–H and O–H groups in total. The second kappa shape index (κ2) is 5.84. The number of oxime groups is 1. The van der Waals surface area contributed by atoms with Gasteiger partial charge in [0.2, 0.25) is 0 Å². The van der Waals surface area contributed by atoms with Crippen LogP contribution < -0.4 is 5.32 Å². The van der Waals surface area contributed by atoms with Gasteiger partial charge in [-0.3, -0.25) is 0 Å². The Morgan fingerprint density at radius 2 is 2.41 bits per heavy atom. The van der Waals surface area contributed by atoms with Gasteiger partial charge in [-0.2, -0.15) is 5.10 Å². The Bertz CT molecular complexity index is 715. The van der Waals surface area contributed by atoms with E-state index in [0.717, 1.165) is 0 Å². The molecule has 0 fully saturated rings. The monoisotopic (exact) mass is 304 g/mol. The van der Waals surface area contributed by atoms with Gasteiger partial charge in [-0.25, -0.2) is 13.9 Å². The van der Waals surface area contributed by atoms with Crippen LogP contribution in [0.4, 0.5) is 9.18 Å². The fourth-order valence-corrected chi connectivity index (χ4v) is 2.19. The van der Waals surface area contributed by atoms with Crippen LogP contribution in [0.5, 0.6) is 0 Å². The number of amides is 1. The molecule has 0 radical (unpaired) electrons. The zero-order chi connectivity index (χ0) is 15.5. The smallest absolute Gasteiger partial charge is 0.404 e. The minimum Gasteiger partial charge on any atom is -0.465 e. The molecular formula is C14H13FN4O3. The van der Waals surface area contributed by atoms with Crippen LogP contribution in [0.25, 0.3) is 5.69 Å². The predicted molar refractivity (Wildman–Crippen MR) is 75.6 cm³/mol. The molecule has 1 aliphatic rings. The molecule has 22 heavy (non-hydrogen) atoms. The number of benzene rings is 1. The van der Waals surface area contributed by atoms with Crippen LogP contribution in [0, 0.1) is 5.82 Å². The van der Waals surface area contributed by atoms with Crippen molar-refractivity contribution in [3.8, 4) is 5.69 Å². The third kappa shape index (κ3) is 2.90. The highest BCUT2D eigenvalue weighted by Crippen LogP contribution is 2.20. The third-order valence-corrected chi connectivity index (χ3v) is 3.25. The Balaban J connectivity index is 1.71. The molecule has 2 heterocycles. The summed E-state index contributed by atoms with van der Waals surface area (Å²) in [6, 6.07) is 6.42. The molecule has 0 saturated carbocycles. The summed E-state index contributed by atoms with van der Waals surface area (Å²) in [6.07, 6.45) is 2.15. The number of nitrogens with zero attached hydrogens (tertiary/aromatic N) is 3. The van der Waals surface area contributed by atoms with Gasteiger partial charge < -0.3 is 15.3 Å². The van der Waals surface area contributed by atoms with E-state index in [1.165, 1.54) is 10.7 Å². The molecule has 0 spiro atoms. The van der Waals surface area contributed by atoms with Gasteiger partial charge in [-0.1, -0.05) is 11.2 Å². The first-order chi connectivity index (χ1) is 10.6. The number of nitrogens with one attached hydrogen (secondary N) is 1. The van der Waals surface area contributed by atoms with E-state index in [0.29, 0.717) is 23.4 Å². The Kier molecular flexibility index (Phi) is 3.73. The summed E-state index contributed by atoms with van der Waals surface area (Å²) in [5, 5.41) is 18.7. The molecule has 1 aromatic carbocycles. The largest absolute Gasteiger partial charge is 0.465 e. The first-order valence-corrected chi connectivity index (χ1v) is 6.63. The number of halogens is 1. The molecule has 1 amide bonds. The Hall–Kier alpha value is -2.90. The van der Waals surface area contributed by atoms with Gasteiger partial charge in [0.15, 0.2) is 6.10 Å². The summed E-state index contributed by atoms with van der Waals surface area (Å²) in [6.45, 7) is 0.135. The van der Waals surface area contributed by atoms with Crippen LogP contribution >= 0.6 is 0 Å². The maximum atomic E-state index is 14.2. The van der Waals surface area contributed by atoms with Crippen LogP contribution in [-0.2, 0) is 4.84 Å². The van der Waals surface area contributed by atoms with Crippen molar-refractivity contribution < 1.29 is 19.1 Å². The lowest BCUT2D eigenvalue weighted by Crippen LogP contribution is -2.30.